The van der Waals surface area contributed by atoms with Crippen molar-refractivity contribution >= 4 is 0 Å². The number of methoxy groups -OCH3 is 2. The van der Waals surface area contributed by atoms with Gasteiger partial charge in [0.25, 0.3) is 0 Å². The summed E-state index contributed by atoms with van der Waals surface area (Å²) in [5, 5.41) is 18.0. The lowest BCUT2D eigenvalue weighted by atomic mass is 10.00. The van der Waals surface area contributed by atoms with Gasteiger partial charge in [-0.15, -0.1) is 10.2 Å². The number of hydrogen-bond acceptors (Lipinski definition) is 5. The number of aromatic nitrogens is 3. The number of aliphatic hydroxyl groups is 1. The number of ether oxygens (including phenoxy) is 2. The SMILES string of the molecule is COc1ccc(OC)c(-c2nnc3n2CC(CO)CC3)c1. The first-order valence-corrected chi connectivity index (χ1v) is 7.02. The second-order valence-corrected chi connectivity index (χ2v) is 5.20. The van der Waals surface area contributed by atoms with Crippen LogP contribution >= 0.6 is 0 Å². The Hall–Kier alpha value is -2.08. The summed E-state index contributed by atoms with van der Waals surface area (Å²) in [5.74, 6) is 3.46. The largest absolute Gasteiger partial charge is 0.497 e. The number of hydrogen-bond donors (Lipinski definition) is 1. The van der Waals surface area contributed by atoms with Crippen molar-refractivity contribution in [2.75, 3.05) is 20.8 Å². The van der Waals surface area contributed by atoms with E-state index in [1.165, 1.54) is 0 Å². The molecule has 1 aromatic carbocycles. The molecule has 1 atom stereocenters. The third-order valence-electron chi connectivity index (χ3n) is 3.95. The summed E-state index contributed by atoms with van der Waals surface area (Å²) < 4.78 is 12.8. The van der Waals surface area contributed by atoms with Gasteiger partial charge >= 0.3 is 0 Å². The second-order valence-electron chi connectivity index (χ2n) is 5.20. The highest BCUT2D eigenvalue weighted by molar-refractivity contribution is 5.66. The Bertz CT molecular complexity index is 639. The summed E-state index contributed by atoms with van der Waals surface area (Å²) in [6, 6.07) is 5.62. The Kier molecular flexibility index (Phi) is 3.79. The van der Waals surface area contributed by atoms with E-state index in [9.17, 15) is 5.11 Å². The average molecular weight is 289 g/mol. The van der Waals surface area contributed by atoms with Crippen LogP contribution in [-0.4, -0.2) is 40.7 Å². The van der Waals surface area contributed by atoms with Gasteiger partial charge in [-0.3, -0.25) is 0 Å². The zero-order valence-electron chi connectivity index (χ0n) is 12.2. The molecule has 3 rings (SSSR count). The highest BCUT2D eigenvalue weighted by Crippen LogP contribution is 2.34. The quantitative estimate of drug-likeness (QED) is 0.924. The molecule has 1 aromatic heterocycles. The van der Waals surface area contributed by atoms with E-state index >= 15 is 0 Å². The van der Waals surface area contributed by atoms with Crippen LogP contribution < -0.4 is 9.47 Å². The Morgan fingerprint density at radius 3 is 2.86 bits per heavy atom. The van der Waals surface area contributed by atoms with Crippen LogP contribution in [0, 0.1) is 5.92 Å². The van der Waals surface area contributed by atoms with Crippen LogP contribution in [0.15, 0.2) is 18.2 Å². The first-order valence-electron chi connectivity index (χ1n) is 7.02. The van der Waals surface area contributed by atoms with Gasteiger partial charge in [0.15, 0.2) is 5.82 Å². The van der Waals surface area contributed by atoms with Crippen LogP contribution in [0.3, 0.4) is 0 Å². The second kappa shape index (κ2) is 5.73. The third kappa shape index (κ3) is 2.47. The van der Waals surface area contributed by atoms with Crippen molar-refractivity contribution in [1.29, 1.82) is 0 Å². The molecule has 6 heteroatoms. The zero-order chi connectivity index (χ0) is 14.8. The fraction of sp³-hybridized carbons (Fsp3) is 0.467. The normalized spacial score (nSPS) is 17.4. The molecule has 6 nitrogen and oxygen atoms in total. The van der Waals surface area contributed by atoms with Crippen LogP contribution in [0.2, 0.25) is 0 Å². The van der Waals surface area contributed by atoms with Gasteiger partial charge in [0.2, 0.25) is 0 Å². The van der Waals surface area contributed by atoms with Crippen LogP contribution in [0.1, 0.15) is 12.2 Å². The molecule has 1 aliphatic heterocycles. The molecule has 0 radical (unpaired) electrons. The van der Waals surface area contributed by atoms with Crippen LogP contribution in [0.25, 0.3) is 11.4 Å². The van der Waals surface area contributed by atoms with Crippen molar-refractivity contribution in [1.82, 2.24) is 14.8 Å². The van der Waals surface area contributed by atoms with E-state index in [4.69, 9.17) is 9.47 Å². The molecule has 1 N–H and O–H groups in total. The minimum Gasteiger partial charge on any atom is -0.497 e. The molecule has 0 fully saturated rings. The highest BCUT2D eigenvalue weighted by atomic mass is 16.5. The Balaban J connectivity index is 2.07. The molecule has 0 aliphatic carbocycles. The van der Waals surface area contributed by atoms with Gasteiger partial charge in [-0.05, 0) is 24.6 Å². The molecule has 2 aromatic rings. The minimum absolute atomic E-state index is 0.187. The van der Waals surface area contributed by atoms with Crippen molar-refractivity contribution in [2.45, 2.75) is 19.4 Å². The van der Waals surface area contributed by atoms with E-state index in [1.54, 1.807) is 14.2 Å². The first-order chi connectivity index (χ1) is 10.3. The lowest BCUT2D eigenvalue weighted by Crippen LogP contribution is -2.23. The zero-order valence-corrected chi connectivity index (χ0v) is 12.2. The maximum absolute atomic E-state index is 9.40. The Morgan fingerprint density at radius 2 is 2.14 bits per heavy atom. The summed E-state index contributed by atoms with van der Waals surface area (Å²) in [5.41, 5.74) is 0.856. The molecule has 0 amide bonds. The molecular weight excluding hydrogens is 270 g/mol. The molecule has 0 bridgehead atoms. The van der Waals surface area contributed by atoms with Gasteiger partial charge in [0, 0.05) is 25.5 Å². The minimum atomic E-state index is 0.187. The van der Waals surface area contributed by atoms with Gasteiger partial charge in [-0.2, -0.15) is 0 Å². The van der Waals surface area contributed by atoms with Crippen molar-refractivity contribution in [3.63, 3.8) is 0 Å². The van der Waals surface area contributed by atoms with Gasteiger partial charge in [0.1, 0.15) is 17.3 Å². The van der Waals surface area contributed by atoms with Crippen molar-refractivity contribution in [2.24, 2.45) is 5.92 Å². The number of aryl methyl sites for hydroxylation is 1. The average Bonchev–Trinajstić information content (AvgIpc) is 2.96. The molecule has 0 saturated carbocycles. The van der Waals surface area contributed by atoms with E-state index in [0.717, 1.165) is 48.1 Å². The standard InChI is InChI=1S/C15H19N3O3/c1-20-11-4-5-13(21-2)12(7-11)15-17-16-14-6-3-10(9-19)8-18(14)15/h4-5,7,10,19H,3,6,8-9H2,1-2H3. The van der Waals surface area contributed by atoms with Gasteiger partial charge in [-0.1, -0.05) is 0 Å². The molecule has 2 heterocycles. The topological polar surface area (TPSA) is 69.4 Å². The lowest BCUT2D eigenvalue weighted by molar-refractivity contribution is 0.191. The predicted octanol–water partition coefficient (Wildman–Crippen LogP) is 1.52. The highest BCUT2D eigenvalue weighted by Gasteiger charge is 2.24. The molecule has 1 aliphatic rings. The Morgan fingerprint density at radius 1 is 1.29 bits per heavy atom. The molecule has 21 heavy (non-hydrogen) atoms. The maximum Gasteiger partial charge on any atom is 0.167 e. The smallest absolute Gasteiger partial charge is 0.167 e. The number of aliphatic hydroxyl groups excluding tert-OH is 1. The molecular formula is C15H19N3O3. The van der Waals surface area contributed by atoms with E-state index in [-0.39, 0.29) is 12.5 Å². The van der Waals surface area contributed by atoms with E-state index < -0.39 is 0 Å². The van der Waals surface area contributed by atoms with Crippen molar-refractivity contribution in [3.05, 3.63) is 24.0 Å². The molecule has 0 spiro atoms. The van der Waals surface area contributed by atoms with Crippen molar-refractivity contribution < 1.29 is 14.6 Å². The number of rotatable bonds is 4. The van der Waals surface area contributed by atoms with E-state index in [0.29, 0.717) is 0 Å². The van der Waals surface area contributed by atoms with Gasteiger partial charge in [-0.25, -0.2) is 0 Å². The lowest BCUT2D eigenvalue weighted by Gasteiger charge is -2.23. The Labute approximate surface area is 123 Å². The van der Waals surface area contributed by atoms with Crippen LogP contribution in [0.4, 0.5) is 0 Å². The summed E-state index contributed by atoms with van der Waals surface area (Å²) in [4.78, 5) is 0. The molecule has 1 unspecified atom stereocenters. The van der Waals surface area contributed by atoms with E-state index in [2.05, 4.69) is 14.8 Å². The fourth-order valence-electron chi connectivity index (χ4n) is 2.73. The molecule has 0 saturated heterocycles. The first kappa shape index (κ1) is 13.9. The summed E-state index contributed by atoms with van der Waals surface area (Å²) in [6.45, 7) is 0.917. The predicted molar refractivity (Wildman–Crippen MR) is 77.5 cm³/mol. The number of fused-ring (bicyclic) bond motifs is 1. The van der Waals surface area contributed by atoms with E-state index in [1.807, 2.05) is 18.2 Å². The summed E-state index contributed by atoms with van der Waals surface area (Å²) >= 11 is 0. The van der Waals surface area contributed by atoms with Crippen molar-refractivity contribution in [3.8, 4) is 22.9 Å². The number of nitrogens with zero attached hydrogens (tertiary/aromatic N) is 3. The maximum atomic E-state index is 9.40. The summed E-state index contributed by atoms with van der Waals surface area (Å²) in [6.07, 6.45) is 1.79. The third-order valence-corrected chi connectivity index (χ3v) is 3.95. The number of benzene rings is 1. The molecule has 112 valence electrons. The van der Waals surface area contributed by atoms with Crippen LogP contribution in [0.5, 0.6) is 11.5 Å². The summed E-state index contributed by atoms with van der Waals surface area (Å²) in [7, 11) is 3.27. The van der Waals surface area contributed by atoms with Crippen LogP contribution in [-0.2, 0) is 13.0 Å². The monoisotopic (exact) mass is 289 g/mol. The van der Waals surface area contributed by atoms with Gasteiger partial charge in [0.05, 0.1) is 19.8 Å². The van der Waals surface area contributed by atoms with Gasteiger partial charge < -0.3 is 19.1 Å². The fourth-order valence-corrected chi connectivity index (χ4v) is 2.73.